The highest BCUT2D eigenvalue weighted by Gasteiger charge is 2.28. The van der Waals surface area contributed by atoms with Crippen LogP contribution >= 0.6 is 11.3 Å². The molecule has 1 unspecified atom stereocenters. The fourth-order valence-electron chi connectivity index (χ4n) is 2.20. The normalized spacial score (nSPS) is 19.9. The molecule has 0 aromatic carbocycles. The minimum Gasteiger partial charge on any atom is -0.481 e. The van der Waals surface area contributed by atoms with Crippen molar-refractivity contribution in [1.29, 1.82) is 0 Å². The van der Waals surface area contributed by atoms with Gasteiger partial charge in [0, 0.05) is 6.54 Å². The highest BCUT2D eigenvalue weighted by molar-refractivity contribution is 7.13. The molecule has 0 amide bonds. The van der Waals surface area contributed by atoms with E-state index in [-0.39, 0.29) is 5.92 Å². The first-order valence-corrected chi connectivity index (χ1v) is 6.92. The van der Waals surface area contributed by atoms with Gasteiger partial charge in [-0.15, -0.1) is 11.3 Å². The van der Waals surface area contributed by atoms with Crippen LogP contribution in [0.5, 0.6) is 0 Å². The molecule has 3 heterocycles. The summed E-state index contributed by atoms with van der Waals surface area (Å²) in [6, 6.07) is 3.86. The predicted molar refractivity (Wildman–Crippen MR) is 68.6 cm³/mol. The van der Waals surface area contributed by atoms with Gasteiger partial charge in [-0.1, -0.05) is 11.2 Å². The third-order valence-corrected chi connectivity index (χ3v) is 4.04. The molecule has 19 heavy (non-hydrogen) atoms. The van der Waals surface area contributed by atoms with Gasteiger partial charge in [0.1, 0.15) is 0 Å². The van der Waals surface area contributed by atoms with Crippen molar-refractivity contribution in [1.82, 2.24) is 15.0 Å². The Bertz CT molecular complexity index is 567. The first-order valence-electron chi connectivity index (χ1n) is 6.04. The van der Waals surface area contributed by atoms with Crippen LogP contribution in [-0.2, 0) is 11.3 Å². The number of carboxylic acid groups (broad SMARTS) is 1. The number of nitrogens with zero attached hydrogens (tertiary/aromatic N) is 3. The molecule has 0 saturated carbocycles. The van der Waals surface area contributed by atoms with Crippen molar-refractivity contribution in [3.63, 3.8) is 0 Å². The minimum absolute atomic E-state index is 0.274. The van der Waals surface area contributed by atoms with Gasteiger partial charge in [-0.2, -0.15) is 4.98 Å². The second-order valence-electron chi connectivity index (χ2n) is 4.55. The van der Waals surface area contributed by atoms with E-state index in [9.17, 15) is 4.79 Å². The van der Waals surface area contributed by atoms with Crippen LogP contribution in [0.2, 0.25) is 0 Å². The van der Waals surface area contributed by atoms with Crippen molar-refractivity contribution in [2.24, 2.45) is 5.92 Å². The highest BCUT2D eigenvalue weighted by atomic mass is 32.1. The summed E-state index contributed by atoms with van der Waals surface area (Å²) in [4.78, 5) is 18.2. The van der Waals surface area contributed by atoms with Crippen molar-refractivity contribution in [2.45, 2.75) is 13.0 Å². The minimum atomic E-state index is -0.727. The van der Waals surface area contributed by atoms with E-state index in [0.29, 0.717) is 31.2 Å². The quantitative estimate of drug-likeness (QED) is 0.917. The summed E-state index contributed by atoms with van der Waals surface area (Å²) in [5.41, 5.74) is 0. The Kier molecular flexibility index (Phi) is 3.31. The topological polar surface area (TPSA) is 79.5 Å². The van der Waals surface area contributed by atoms with Crippen molar-refractivity contribution < 1.29 is 14.4 Å². The second kappa shape index (κ2) is 5.10. The molecule has 2 aromatic rings. The van der Waals surface area contributed by atoms with Crippen LogP contribution in [0.15, 0.2) is 22.0 Å². The molecular formula is C12H13N3O3S. The lowest BCUT2D eigenvalue weighted by Gasteiger charge is -2.11. The van der Waals surface area contributed by atoms with E-state index < -0.39 is 5.97 Å². The maximum absolute atomic E-state index is 10.9. The molecule has 0 radical (unpaired) electrons. The summed E-state index contributed by atoms with van der Waals surface area (Å²) in [6.45, 7) is 1.86. The summed E-state index contributed by atoms with van der Waals surface area (Å²) < 4.78 is 5.20. The largest absolute Gasteiger partial charge is 0.481 e. The Labute approximate surface area is 113 Å². The smallest absolute Gasteiger partial charge is 0.307 e. The third-order valence-electron chi connectivity index (χ3n) is 3.19. The zero-order valence-corrected chi connectivity index (χ0v) is 11.0. The average Bonchev–Trinajstić information content (AvgIpc) is 3.09. The van der Waals surface area contributed by atoms with E-state index in [1.807, 2.05) is 22.4 Å². The molecule has 100 valence electrons. The highest BCUT2D eigenvalue weighted by Crippen LogP contribution is 2.23. The molecule has 3 rings (SSSR count). The standard InChI is InChI=1S/C12H13N3O3S/c16-12(17)8-3-4-15(6-8)7-10-13-11(18-14-10)9-2-1-5-19-9/h1-2,5,8H,3-4,6-7H2,(H,16,17). The van der Waals surface area contributed by atoms with Gasteiger partial charge < -0.3 is 9.63 Å². The fourth-order valence-corrected chi connectivity index (χ4v) is 2.84. The van der Waals surface area contributed by atoms with E-state index in [1.54, 1.807) is 11.3 Å². The summed E-state index contributed by atoms with van der Waals surface area (Å²) in [6.07, 6.45) is 0.685. The Morgan fingerprint density at radius 3 is 3.21 bits per heavy atom. The van der Waals surface area contributed by atoms with Gasteiger partial charge in [0.25, 0.3) is 5.89 Å². The fraction of sp³-hybridized carbons (Fsp3) is 0.417. The number of rotatable bonds is 4. The molecule has 1 saturated heterocycles. The van der Waals surface area contributed by atoms with Crippen molar-refractivity contribution >= 4 is 17.3 Å². The van der Waals surface area contributed by atoms with E-state index in [4.69, 9.17) is 9.63 Å². The molecular weight excluding hydrogens is 266 g/mol. The van der Waals surface area contributed by atoms with Crippen LogP contribution in [0.1, 0.15) is 12.2 Å². The lowest BCUT2D eigenvalue weighted by molar-refractivity contribution is -0.141. The Morgan fingerprint density at radius 1 is 1.63 bits per heavy atom. The number of aliphatic carboxylic acids is 1. The van der Waals surface area contributed by atoms with Gasteiger partial charge >= 0.3 is 5.97 Å². The first-order chi connectivity index (χ1) is 9.22. The SMILES string of the molecule is O=C(O)C1CCN(Cc2noc(-c3cccs3)n2)C1. The molecule has 1 aliphatic heterocycles. The molecule has 0 bridgehead atoms. The van der Waals surface area contributed by atoms with Gasteiger partial charge in [0.05, 0.1) is 17.3 Å². The molecule has 7 heteroatoms. The van der Waals surface area contributed by atoms with Crippen LogP contribution < -0.4 is 0 Å². The maximum atomic E-state index is 10.9. The van der Waals surface area contributed by atoms with Gasteiger partial charge in [0.15, 0.2) is 5.82 Å². The van der Waals surface area contributed by atoms with Crippen LogP contribution in [0, 0.1) is 5.92 Å². The number of aromatic nitrogens is 2. The van der Waals surface area contributed by atoms with E-state index in [1.165, 1.54) is 0 Å². The number of thiophene rings is 1. The number of hydrogen-bond donors (Lipinski definition) is 1. The first kappa shape index (κ1) is 12.3. The van der Waals surface area contributed by atoms with Gasteiger partial charge in [-0.3, -0.25) is 9.69 Å². The van der Waals surface area contributed by atoms with Crippen LogP contribution in [-0.4, -0.2) is 39.2 Å². The lowest BCUT2D eigenvalue weighted by Crippen LogP contribution is -2.23. The Hall–Kier alpha value is -1.73. The van der Waals surface area contributed by atoms with E-state index in [0.717, 1.165) is 11.4 Å². The van der Waals surface area contributed by atoms with Crippen LogP contribution in [0.4, 0.5) is 0 Å². The zero-order chi connectivity index (χ0) is 13.2. The van der Waals surface area contributed by atoms with Crippen LogP contribution in [0.25, 0.3) is 10.8 Å². The molecule has 2 aromatic heterocycles. The lowest BCUT2D eigenvalue weighted by atomic mass is 10.1. The summed E-state index contributed by atoms with van der Waals surface area (Å²) in [5, 5.41) is 14.8. The molecule has 0 aliphatic carbocycles. The van der Waals surface area contributed by atoms with Crippen molar-refractivity contribution in [3.05, 3.63) is 23.3 Å². The zero-order valence-electron chi connectivity index (χ0n) is 10.2. The third kappa shape index (κ3) is 2.66. The van der Waals surface area contributed by atoms with Crippen molar-refractivity contribution in [2.75, 3.05) is 13.1 Å². The molecule has 6 nitrogen and oxygen atoms in total. The van der Waals surface area contributed by atoms with E-state index >= 15 is 0 Å². The van der Waals surface area contributed by atoms with Crippen LogP contribution in [0.3, 0.4) is 0 Å². The summed E-state index contributed by atoms with van der Waals surface area (Å²) in [7, 11) is 0. The molecule has 1 N–H and O–H groups in total. The summed E-state index contributed by atoms with van der Waals surface area (Å²) >= 11 is 1.55. The van der Waals surface area contributed by atoms with Gasteiger partial charge in [-0.05, 0) is 24.4 Å². The molecule has 1 fully saturated rings. The Morgan fingerprint density at radius 2 is 2.53 bits per heavy atom. The summed E-state index contributed by atoms with van der Waals surface area (Å²) in [5.74, 6) is 0.131. The van der Waals surface area contributed by atoms with Gasteiger partial charge in [0.2, 0.25) is 0 Å². The molecule has 0 spiro atoms. The van der Waals surface area contributed by atoms with Crippen molar-refractivity contribution in [3.8, 4) is 10.8 Å². The predicted octanol–water partition coefficient (Wildman–Crippen LogP) is 1.70. The number of carbonyl (C=O) groups is 1. The molecule has 1 atom stereocenters. The Balaban J connectivity index is 1.64. The number of hydrogen-bond acceptors (Lipinski definition) is 6. The van der Waals surface area contributed by atoms with E-state index in [2.05, 4.69) is 10.1 Å². The second-order valence-corrected chi connectivity index (χ2v) is 5.50. The number of likely N-dealkylation sites (tertiary alicyclic amines) is 1. The maximum Gasteiger partial charge on any atom is 0.307 e. The average molecular weight is 279 g/mol. The molecule has 1 aliphatic rings. The number of carboxylic acids is 1. The monoisotopic (exact) mass is 279 g/mol. The van der Waals surface area contributed by atoms with Gasteiger partial charge in [-0.25, -0.2) is 0 Å².